The molecular formula is C12H24N2O3S. The minimum atomic E-state index is -0.885. The number of urea groups is 1. The minimum Gasteiger partial charge on any atom is -0.481 e. The summed E-state index contributed by atoms with van der Waals surface area (Å²) in [7, 11) is 0. The van der Waals surface area contributed by atoms with Crippen LogP contribution in [0.1, 0.15) is 27.2 Å². The molecule has 0 fully saturated rings. The third kappa shape index (κ3) is 6.74. The average molecular weight is 276 g/mol. The maximum atomic E-state index is 11.9. The van der Waals surface area contributed by atoms with Crippen molar-refractivity contribution in [2.24, 2.45) is 5.92 Å². The maximum absolute atomic E-state index is 11.9. The first-order chi connectivity index (χ1) is 8.42. The Morgan fingerprint density at radius 3 is 2.44 bits per heavy atom. The molecule has 0 bridgehead atoms. The van der Waals surface area contributed by atoms with Crippen LogP contribution in [0.2, 0.25) is 0 Å². The molecule has 2 atom stereocenters. The summed E-state index contributed by atoms with van der Waals surface area (Å²) in [6, 6.07) is -0.470. The lowest BCUT2D eigenvalue weighted by molar-refractivity contribution is -0.138. The highest BCUT2D eigenvalue weighted by Crippen LogP contribution is 2.06. The summed E-state index contributed by atoms with van der Waals surface area (Å²) in [6.07, 6.45) is 2.01. The van der Waals surface area contributed by atoms with Crippen molar-refractivity contribution in [2.45, 2.75) is 33.2 Å². The quantitative estimate of drug-likeness (QED) is 0.710. The Balaban J connectivity index is 4.22. The predicted octanol–water partition coefficient (Wildman–Crippen LogP) is 1.88. The molecule has 0 heterocycles. The van der Waals surface area contributed by atoms with Crippen LogP contribution < -0.4 is 5.32 Å². The van der Waals surface area contributed by atoms with E-state index in [1.807, 2.05) is 13.2 Å². The Morgan fingerprint density at radius 1 is 1.39 bits per heavy atom. The molecule has 0 aliphatic heterocycles. The fraction of sp³-hybridized carbons (Fsp3) is 0.833. The van der Waals surface area contributed by atoms with Gasteiger partial charge >= 0.3 is 12.0 Å². The van der Waals surface area contributed by atoms with Crippen molar-refractivity contribution in [3.8, 4) is 0 Å². The van der Waals surface area contributed by atoms with Crippen molar-refractivity contribution in [2.75, 3.05) is 25.1 Å². The van der Waals surface area contributed by atoms with E-state index >= 15 is 0 Å². The molecule has 6 heteroatoms. The van der Waals surface area contributed by atoms with Crippen molar-refractivity contribution >= 4 is 23.8 Å². The van der Waals surface area contributed by atoms with E-state index in [1.54, 1.807) is 23.6 Å². The molecule has 106 valence electrons. The van der Waals surface area contributed by atoms with Gasteiger partial charge in [-0.1, -0.05) is 6.92 Å². The third-order valence-electron chi connectivity index (χ3n) is 2.66. The monoisotopic (exact) mass is 276 g/mol. The summed E-state index contributed by atoms with van der Waals surface area (Å²) in [4.78, 5) is 24.1. The average Bonchev–Trinajstić information content (AvgIpc) is 2.26. The number of nitrogens with zero attached hydrogens (tertiary/aromatic N) is 1. The zero-order valence-corrected chi connectivity index (χ0v) is 12.4. The van der Waals surface area contributed by atoms with Gasteiger partial charge in [-0.15, -0.1) is 0 Å². The number of aliphatic carboxylic acids is 1. The molecule has 0 saturated carbocycles. The van der Waals surface area contributed by atoms with Crippen LogP contribution in [0.15, 0.2) is 0 Å². The van der Waals surface area contributed by atoms with E-state index in [4.69, 9.17) is 5.11 Å². The molecule has 5 nitrogen and oxygen atoms in total. The van der Waals surface area contributed by atoms with E-state index in [2.05, 4.69) is 12.2 Å². The minimum absolute atomic E-state index is 0.0262. The molecule has 18 heavy (non-hydrogen) atoms. The second-order valence-corrected chi connectivity index (χ2v) is 5.39. The Kier molecular flexibility index (Phi) is 8.62. The lowest BCUT2D eigenvalue weighted by atomic mass is 10.2. The summed E-state index contributed by atoms with van der Waals surface area (Å²) >= 11 is 1.75. The van der Waals surface area contributed by atoms with Crippen LogP contribution in [0, 0.1) is 5.92 Å². The predicted molar refractivity (Wildman–Crippen MR) is 75.0 cm³/mol. The third-order valence-corrected chi connectivity index (χ3v) is 3.56. The second-order valence-electron chi connectivity index (χ2n) is 4.48. The Morgan fingerprint density at radius 2 is 2.00 bits per heavy atom. The smallest absolute Gasteiger partial charge is 0.317 e. The fourth-order valence-electron chi connectivity index (χ4n) is 1.72. The number of carbonyl (C=O) groups is 2. The zero-order chi connectivity index (χ0) is 14.1. The highest BCUT2D eigenvalue weighted by Gasteiger charge is 2.20. The zero-order valence-electron chi connectivity index (χ0n) is 11.6. The van der Waals surface area contributed by atoms with E-state index in [1.165, 1.54) is 0 Å². The SMILES string of the molecule is CCN(C(=O)NCC(C)CSC)C(C)CC(=O)O. The highest BCUT2D eigenvalue weighted by atomic mass is 32.2. The van der Waals surface area contributed by atoms with Crippen LogP contribution in [-0.2, 0) is 4.79 Å². The van der Waals surface area contributed by atoms with Crippen molar-refractivity contribution < 1.29 is 14.7 Å². The van der Waals surface area contributed by atoms with E-state index in [-0.39, 0.29) is 18.5 Å². The number of hydrogen-bond acceptors (Lipinski definition) is 3. The van der Waals surface area contributed by atoms with Gasteiger partial charge in [-0.3, -0.25) is 4.79 Å². The van der Waals surface area contributed by atoms with Gasteiger partial charge in [0.05, 0.1) is 6.42 Å². The number of carboxylic acids is 1. The van der Waals surface area contributed by atoms with Gasteiger partial charge in [-0.25, -0.2) is 4.79 Å². The molecule has 0 radical (unpaired) electrons. The Bertz CT molecular complexity index is 274. The summed E-state index contributed by atoms with van der Waals surface area (Å²) in [5.41, 5.74) is 0. The normalized spacial score (nSPS) is 13.8. The largest absolute Gasteiger partial charge is 0.481 e. The van der Waals surface area contributed by atoms with Crippen molar-refractivity contribution in [1.82, 2.24) is 10.2 Å². The maximum Gasteiger partial charge on any atom is 0.317 e. The lowest BCUT2D eigenvalue weighted by Crippen LogP contribution is -2.46. The van der Waals surface area contributed by atoms with Gasteiger partial charge in [0, 0.05) is 19.1 Å². The molecule has 0 rings (SSSR count). The van der Waals surface area contributed by atoms with Crippen LogP contribution in [0.5, 0.6) is 0 Å². The summed E-state index contributed by atoms with van der Waals surface area (Å²) in [6.45, 7) is 6.81. The van der Waals surface area contributed by atoms with E-state index in [0.717, 1.165) is 5.75 Å². The molecule has 2 unspecified atom stereocenters. The lowest BCUT2D eigenvalue weighted by Gasteiger charge is -2.27. The van der Waals surface area contributed by atoms with Gasteiger partial charge in [0.2, 0.25) is 0 Å². The van der Waals surface area contributed by atoms with Gasteiger partial charge in [-0.05, 0) is 31.8 Å². The molecule has 2 amide bonds. The molecular weight excluding hydrogens is 252 g/mol. The van der Waals surface area contributed by atoms with E-state index in [9.17, 15) is 9.59 Å². The molecule has 0 aromatic rings. The van der Waals surface area contributed by atoms with Crippen molar-refractivity contribution in [3.05, 3.63) is 0 Å². The van der Waals surface area contributed by atoms with Crippen molar-refractivity contribution in [1.29, 1.82) is 0 Å². The molecule has 0 aliphatic rings. The second kappa shape index (κ2) is 9.08. The number of thioether (sulfide) groups is 1. The van der Waals surface area contributed by atoms with Gasteiger partial charge in [0.25, 0.3) is 0 Å². The first-order valence-electron chi connectivity index (χ1n) is 6.17. The Labute approximate surface area is 113 Å². The number of carbonyl (C=O) groups excluding carboxylic acids is 1. The van der Waals surface area contributed by atoms with Crippen LogP contribution in [-0.4, -0.2) is 53.1 Å². The highest BCUT2D eigenvalue weighted by molar-refractivity contribution is 7.98. The standard InChI is InChI=1S/C12H24N2O3S/c1-5-14(10(3)6-11(15)16)12(17)13-7-9(2)8-18-4/h9-10H,5-8H2,1-4H3,(H,13,17)(H,15,16). The fourth-order valence-corrected chi connectivity index (χ4v) is 2.41. The molecule has 0 aromatic carbocycles. The Hall–Kier alpha value is -0.910. The van der Waals surface area contributed by atoms with Crippen LogP contribution in [0.25, 0.3) is 0 Å². The number of carboxylic acid groups (broad SMARTS) is 1. The van der Waals surface area contributed by atoms with Crippen LogP contribution in [0.3, 0.4) is 0 Å². The van der Waals surface area contributed by atoms with Crippen LogP contribution in [0.4, 0.5) is 4.79 Å². The molecule has 0 aliphatic carbocycles. The first-order valence-corrected chi connectivity index (χ1v) is 7.56. The van der Waals surface area contributed by atoms with E-state index in [0.29, 0.717) is 19.0 Å². The number of nitrogens with one attached hydrogen (secondary N) is 1. The molecule has 0 saturated heterocycles. The van der Waals surface area contributed by atoms with Gasteiger partial charge in [-0.2, -0.15) is 11.8 Å². The van der Waals surface area contributed by atoms with Gasteiger partial charge in [0.1, 0.15) is 0 Å². The van der Waals surface area contributed by atoms with Gasteiger partial charge in [0.15, 0.2) is 0 Å². The molecule has 0 aromatic heterocycles. The molecule has 2 N–H and O–H groups in total. The van der Waals surface area contributed by atoms with E-state index < -0.39 is 5.97 Å². The number of rotatable bonds is 8. The number of hydrogen-bond donors (Lipinski definition) is 2. The molecule has 0 spiro atoms. The summed E-state index contributed by atoms with van der Waals surface area (Å²) < 4.78 is 0. The van der Waals surface area contributed by atoms with Crippen molar-refractivity contribution in [3.63, 3.8) is 0 Å². The first kappa shape index (κ1) is 17.1. The van der Waals surface area contributed by atoms with Crippen LogP contribution >= 0.6 is 11.8 Å². The van der Waals surface area contributed by atoms with Gasteiger partial charge < -0.3 is 15.3 Å². The number of amides is 2. The topological polar surface area (TPSA) is 69.6 Å². The summed E-state index contributed by atoms with van der Waals surface area (Å²) in [5, 5.41) is 11.6. The summed E-state index contributed by atoms with van der Waals surface area (Å²) in [5.74, 6) is 0.527.